The Bertz CT molecular complexity index is 159. The molecule has 0 aliphatic heterocycles. The van der Waals surface area contributed by atoms with E-state index in [-0.39, 0.29) is 24.8 Å². The molecule has 0 bridgehead atoms. The lowest BCUT2D eigenvalue weighted by atomic mass is 10.4. The smallest absolute Gasteiger partial charge is 0.313 e. The van der Waals surface area contributed by atoms with Crippen molar-refractivity contribution in [1.82, 2.24) is 0 Å². The molecule has 0 aliphatic carbocycles. The maximum atomic E-state index is 10.8. The summed E-state index contributed by atoms with van der Waals surface area (Å²) < 4.78 is 4.76. The van der Waals surface area contributed by atoms with Crippen molar-refractivity contribution in [2.24, 2.45) is 10.7 Å². The summed E-state index contributed by atoms with van der Waals surface area (Å²) in [7, 11) is 1.54. The maximum Gasteiger partial charge on any atom is 0.313 e. The van der Waals surface area contributed by atoms with Crippen LogP contribution in [0.15, 0.2) is 4.99 Å². The number of rotatable bonds is 4. The molecule has 72 valence electrons. The molecule has 2 N–H and O–H groups in total. The number of aliphatic imine (C=N–C) groups is 1. The molecule has 5 heteroatoms. The van der Waals surface area contributed by atoms with Gasteiger partial charge in [-0.3, -0.25) is 9.79 Å². The zero-order chi connectivity index (χ0) is 8.69. The van der Waals surface area contributed by atoms with Crippen LogP contribution in [-0.2, 0) is 9.53 Å². The van der Waals surface area contributed by atoms with Crippen LogP contribution in [0, 0.1) is 0 Å². The number of hydrogen-bond acceptors (Lipinski definition) is 3. The van der Waals surface area contributed by atoms with Gasteiger partial charge in [0.1, 0.15) is 12.3 Å². The maximum absolute atomic E-state index is 10.8. The molecule has 0 aromatic carbocycles. The standard InChI is InChI=1S/C7H14N2O2.ClH/c1-3-4-11-7(10)5-6(8)9-2;/h3-5H2,1-2H3,(H2,8,9);1H. The average Bonchev–Trinajstić information content (AvgIpc) is 2.00. The Balaban J connectivity index is 0. The van der Waals surface area contributed by atoms with Gasteiger partial charge in [-0.05, 0) is 6.42 Å². The molecule has 0 aromatic rings. The molecule has 12 heavy (non-hydrogen) atoms. The number of nitrogens with zero attached hydrogens (tertiary/aromatic N) is 1. The molecule has 0 fully saturated rings. The first-order chi connectivity index (χ1) is 5.20. The van der Waals surface area contributed by atoms with Crippen LogP contribution < -0.4 is 5.73 Å². The second kappa shape index (κ2) is 8.33. The van der Waals surface area contributed by atoms with E-state index < -0.39 is 0 Å². The highest BCUT2D eigenvalue weighted by Gasteiger charge is 2.03. The Hall–Kier alpha value is -0.770. The predicted octanol–water partition coefficient (Wildman–Crippen LogP) is 0.739. The molecule has 0 spiro atoms. The summed E-state index contributed by atoms with van der Waals surface area (Å²) >= 11 is 0. The van der Waals surface area contributed by atoms with Crippen molar-refractivity contribution >= 4 is 24.2 Å². The SMILES string of the molecule is CCCOC(=O)CC(N)=NC.Cl. The van der Waals surface area contributed by atoms with E-state index >= 15 is 0 Å². The zero-order valence-electron chi connectivity index (χ0n) is 7.37. The Kier molecular flexibility index (Phi) is 9.57. The van der Waals surface area contributed by atoms with Crippen molar-refractivity contribution in [3.8, 4) is 0 Å². The molecule has 0 saturated carbocycles. The zero-order valence-corrected chi connectivity index (χ0v) is 8.19. The number of halogens is 1. The van der Waals surface area contributed by atoms with Crippen molar-refractivity contribution < 1.29 is 9.53 Å². The van der Waals surface area contributed by atoms with Crippen LogP contribution in [0.5, 0.6) is 0 Å². The highest BCUT2D eigenvalue weighted by Crippen LogP contribution is 1.88. The van der Waals surface area contributed by atoms with E-state index in [1.54, 1.807) is 7.05 Å². The van der Waals surface area contributed by atoms with Gasteiger partial charge in [-0.15, -0.1) is 12.4 Å². The summed E-state index contributed by atoms with van der Waals surface area (Å²) in [5.41, 5.74) is 5.29. The monoisotopic (exact) mass is 194 g/mol. The summed E-state index contributed by atoms with van der Waals surface area (Å²) in [6.45, 7) is 2.39. The van der Waals surface area contributed by atoms with Crippen LogP contribution in [0.25, 0.3) is 0 Å². The van der Waals surface area contributed by atoms with E-state index in [4.69, 9.17) is 10.5 Å². The minimum absolute atomic E-state index is 0. The molecule has 0 atom stereocenters. The van der Waals surface area contributed by atoms with Gasteiger partial charge in [0.2, 0.25) is 0 Å². The average molecular weight is 195 g/mol. The molecule has 0 aliphatic rings. The first-order valence-corrected chi connectivity index (χ1v) is 3.57. The van der Waals surface area contributed by atoms with E-state index in [1.165, 1.54) is 0 Å². The largest absolute Gasteiger partial charge is 0.465 e. The fourth-order valence-electron chi connectivity index (χ4n) is 0.494. The van der Waals surface area contributed by atoms with Crippen LogP contribution >= 0.6 is 12.4 Å². The molecule has 4 nitrogen and oxygen atoms in total. The van der Waals surface area contributed by atoms with Gasteiger partial charge in [0, 0.05) is 7.05 Å². The van der Waals surface area contributed by atoms with E-state index in [0.717, 1.165) is 6.42 Å². The molecule has 0 rings (SSSR count). The molecule has 0 heterocycles. The summed E-state index contributed by atoms with van der Waals surface area (Å²) in [6, 6.07) is 0. The van der Waals surface area contributed by atoms with Gasteiger partial charge in [-0.2, -0.15) is 0 Å². The quantitative estimate of drug-likeness (QED) is 0.408. The number of carbonyl (C=O) groups excluding carboxylic acids is 1. The third-order valence-electron chi connectivity index (χ3n) is 1.08. The number of hydrogen-bond donors (Lipinski definition) is 1. The van der Waals surface area contributed by atoms with Gasteiger partial charge in [0.15, 0.2) is 0 Å². The Labute approximate surface area is 78.6 Å². The van der Waals surface area contributed by atoms with E-state index in [9.17, 15) is 4.79 Å². The minimum atomic E-state index is -0.310. The number of ether oxygens (including phenoxy) is 1. The molecule has 0 saturated heterocycles. The fourth-order valence-corrected chi connectivity index (χ4v) is 0.494. The molecule has 0 aromatic heterocycles. The van der Waals surface area contributed by atoms with Crippen molar-refractivity contribution in [3.63, 3.8) is 0 Å². The third kappa shape index (κ3) is 7.34. The first kappa shape index (κ1) is 13.8. The second-order valence-electron chi connectivity index (χ2n) is 2.11. The second-order valence-corrected chi connectivity index (χ2v) is 2.11. The topological polar surface area (TPSA) is 64.7 Å². The predicted molar refractivity (Wildman–Crippen MR) is 50.7 cm³/mol. The van der Waals surface area contributed by atoms with Gasteiger partial charge < -0.3 is 10.5 Å². The minimum Gasteiger partial charge on any atom is -0.465 e. The summed E-state index contributed by atoms with van der Waals surface area (Å²) in [5.74, 6) is 0.000975. The van der Waals surface area contributed by atoms with Crippen LogP contribution in [-0.4, -0.2) is 25.5 Å². The van der Waals surface area contributed by atoms with Gasteiger partial charge in [0.25, 0.3) is 0 Å². The van der Waals surface area contributed by atoms with Crippen molar-refractivity contribution in [3.05, 3.63) is 0 Å². The van der Waals surface area contributed by atoms with Crippen LogP contribution in [0.3, 0.4) is 0 Å². The molecular weight excluding hydrogens is 180 g/mol. The molecule has 0 unspecified atom stereocenters. The number of carbonyl (C=O) groups is 1. The number of nitrogens with two attached hydrogens (primary N) is 1. The lowest BCUT2D eigenvalue weighted by Gasteiger charge is -2.01. The Morgan fingerprint density at radius 2 is 2.17 bits per heavy atom. The third-order valence-corrected chi connectivity index (χ3v) is 1.08. The number of amidine groups is 1. The van der Waals surface area contributed by atoms with Gasteiger partial charge in [0.05, 0.1) is 6.61 Å². The van der Waals surface area contributed by atoms with Gasteiger partial charge in [-0.25, -0.2) is 0 Å². The molecular formula is C7H15ClN2O2. The van der Waals surface area contributed by atoms with Gasteiger partial charge in [-0.1, -0.05) is 6.92 Å². The molecule has 0 radical (unpaired) electrons. The van der Waals surface area contributed by atoms with E-state index in [0.29, 0.717) is 12.4 Å². The Morgan fingerprint density at radius 1 is 1.58 bits per heavy atom. The number of esters is 1. The Morgan fingerprint density at radius 3 is 2.58 bits per heavy atom. The van der Waals surface area contributed by atoms with E-state index in [2.05, 4.69) is 4.99 Å². The van der Waals surface area contributed by atoms with Crippen molar-refractivity contribution in [2.45, 2.75) is 19.8 Å². The first-order valence-electron chi connectivity index (χ1n) is 3.57. The normalized spacial score (nSPS) is 10.3. The summed E-state index contributed by atoms with van der Waals surface area (Å²) in [5, 5.41) is 0. The molecule has 0 amide bonds. The summed E-state index contributed by atoms with van der Waals surface area (Å²) in [6.07, 6.45) is 0.922. The fraction of sp³-hybridized carbons (Fsp3) is 0.714. The van der Waals surface area contributed by atoms with Crippen LogP contribution in [0.4, 0.5) is 0 Å². The van der Waals surface area contributed by atoms with E-state index in [1.807, 2.05) is 6.92 Å². The highest BCUT2D eigenvalue weighted by atomic mass is 35.5. The van der Waals surface area contributed by atoms with Gasteiger partial charge >= 0.3 is 5.97 Å². The van der Waals surface area contributed by atoms with Crippen LogP contribution in [0.2, 0.25) is 0 Å². The van der Waals surface area contributed by atoms with Crippen LogP contribution in [0.1, 0.15) is 19.8 Å². The van der Waals surface area contributed by atoms with Crippen molar-refractivity contribution in [1.29, 1.82) is 0 Å². The highest BCUT2D eigenvalue weighted by molar-refractivity contribution is 5.96. The van der Waals surface area contributed by atoms with Crippen molar-refractivity contribution in [2.75, 3.05) is 13.7 Å². The summed E-state index contributed by atoms with van der Waals surface area (Å²) in [4.78, 5) is 14.4. The lowest BCUT2D eigenvalue weighted by Crippen LogP contribution is -2.18. The lowest BCUT2D eigenvalue weighted by molar-refractivity contribution is -0.142.